The van der Waals surface area contributed by atoms with Gasteiger partial charge in [-0.25, -0.2) is 0 Å². The van der Waals surface area contributed by atoms with Crippen LogP contribution in [0, 0.1) is 27.7 Å². The molecule has 67 heavy (non-hydrogen) atoms. The maximum absolute atomic E-state index is 2.28. The summed E-state index contributed by atoms with van der Waals surface area (Å²) in [4.78, 5) is 0. The summed E-state index contributed by atoms with van der Waals surface area (Å²) in [6, 6.07) is 70.9. The van der Waals surface area contributed by atoms with Crippen molar-refractivity contribution in [2.24, 2.45) is 0 Å². The van der Waals surface area contributed by atoms with Crippen molar-refractivity contribution in [3.8, 4) is 33.4 Å². The first-order valence-corrected chi connectivity index (χ1v) is 24.7. The quantitative estimate of drug-likeness (QED) is 0.143. The fourth-order valence-corrected chi connectivity index (χ4v) is 8.53. The second kappa shape index (κ2) is 27.4. The van der Waals surface area contributed by atoms with Crippen LogP contribution >= 0.6 is 0 Å². The molecule has 348 valence electrons. The topological polar surface area (TPSA) is 0 Å². The van der Waals surface area contributed by atoms with Gasteiger partial charge in [0.1, 0.15) is 0 Å². The molecule has 0 fully saturated rings. The Kier molecular flexibility index (Phi) is 21.8. The zero-order valence-electron chi connectivity index (χ0n) is 43.4. The molecular formula is C67H80. The average Bonchev–Trinajstić information content (AvgIpc) is 3.33. The summed E-state index contributed by atoms with van der Waals surface area (Å²) >= 11 is 0. The number of aryl methyl sites for hydroxylation is 4. The van der Waals surface area contributed by atoms with E-state index < -0.39 is 0 Å². The van der Waals surface area contributed by atoms with E-state index in [1.165, 1.54) is 83.5 Å². The summed E-state index contributed by atoms with van der Waals surface area (Å²) in [5.74, 6) is 3.12. The zero-order chi connectivity index (χ0) is 48.9. The van der Waals surface area contributed by atoms with E-state index in [0.717, 1.165) is 0 Å². The van der Waals surface area contributed by atoms with Crippen molar-refractivity contribution in [1.82, 2.24) is 0 Å². The van der Waals surface area contributed by atoms with Crippen molar-refractivity contribution < 1.29 is 0 Å². The molecule has 0 nitrogen and oxygen atoms in total. The van der Waals surface area contributed by atoms with Crippen LogP contribution in [0.25, 0.3) is 33.4 Å². The van der Waals surface area contributed by atoms with E-state index in [1.54, 1.807) is 0 Å². The molecule has 0 aliphatic rings. The van der Waals surface area contributed by atoms with Crippen LogP contribution in [-0.4, -0.2) is 0 Å². The van der Waals surface area contributed by atoms with E-state index >= 15 is 0 Å². The van der Waals surface area contributed by atoms with Gasteiger partial charge in [-0.05, 0) is 141 Å². The summed E-state index contributed by atoms with van der Waals surface area (Å²) in [5.41, 5.74) is 20.6. The number of hydrogen-bond acceptors (Lipinski definition) is 0. The number of hydrogen-bond donors (Lipinski definition) is 0. The highest BCUT2D eigenvalue weighted by Gasteiger charge is 2.07. The fraction of sp³-hybridized carbons (Fsp3) is 0.284. The molecule has 8 aromatic rings. The first kappa shape index (κ1) is 53.4. The Balaban J connectivity index is 0.000000186. The molecule has 0 spiro atoms. The van der Waals surface area contributed by atoms with Crippen molar-refractivity contribution in [3.05, 3.63) is 250 Å². The molecule has 8 rings (SSSR count). The smallest absolute Gasteiger partial charge is 0.0181 e. The normalized spacial score (nSPS) is 10.6. The summed E-state index contributed by atoms with van der Waals surface area (Å²) in [6.07, 6.45) is 0. The summed E-state index contributed by atoms with van der Waals surface area (Å²) in [7, 11) is 0. The van der Waals surface area contributed by atoms with E-state index in [2.05, 4.69) is 285 Å². The SMILES string of the molecule is CC(C)c1ccc(-c2ccccc2)cc1.CC(C)c1ccccc1.Cc1cc(-c2ccccc2)ccc1C(C)C.Cc1cc(-c2ccccc2)ccc1C(C)C.Cc1cccc(C)c1C(C)C. The lowest BCUT2D eigenvalue weighted by Crippen LogP contribution is -1.94. The molecule has 0 radical (unpaired) electrons. The van der Waals surface area contributed by atoms with E-state index in [-0.39, 0.29) is 0 Å². The minimum absolute atomic E-state index is 0.602. The first-order chi connectivity index (χ1) is 32.1. The van der Waals surface area contributed by atoms with Gasteiger partial charge in [0, 0.05) is 0 Å². The minimum Gasteiger partial charge on any atom is -0.0622 e. The summed E-state index contributed by atoms with van der Waals surface area (Å²) in [5, 5.41) is 0. The molecule has 0 amide bonds. The van der Waals surface area contributed by atoms with Gasteiger partial charge < -0.3 is 0 Å². The van der Waals surface area contributed by atoms with Crippen LogP contribution < -0.4 is 0 Å². The van der Waals surface area contributed by atoms with Gasteiger partial charge in [0.2, 0.25) is 0 Å². The zero-order valence-corrected chi connectivity index (χ0v) is 43.4. The van der Waals surface area contributed by atoms with E-state index in [9.17, 15) is 0 Å². The Morgan fingerprint density at radius 3 is 0.806 bits per heavy atom. The maximum atomic E-state index is 2.28. The molecule has 0 unspecified atom stereocenters. The van der Waals surface area contributed by atoms with Gasteiger partial charge in [0.25, 0.3) is 0 Å². The van der Waals surface area contributed by atoms with E-state index in [4.69, 9.17) is 0 Å². The van der Waals surface area contributed by atoms with Crippen LogP contribution in [0.15, 0.2) is 200 Å². The van der Waals surface area contributed by atoms with Gasteiger partial charge in [-0.2, -0.15) is 0 Å². The first-order valence-electron chi connectivity index (χ1n) is 24.7. The van der Waals surface area contributed by atoms with Gasteiger partial charge in [-0.15, -0.1) is 0 Å². The lowest BCUT2D eigenvalue weighted by molar-refractivity contribution is 0.846. The summed E-state index contributed by atoms with van der Waals surface area (Å²) in [6.45, 7) is 31.1. The highest BCUT2D eigenvalue weighted by molar-refractivity contribution is 5.66. The van der Waals surface area contributed by atoms with Crippen LogP contribution in [0.1, 0.15) is 149 Å². The minimum atomic E-state index is 0.602. The third kappa shape index (κ3) is 17.2. The Morgan fingerprint density at radius 1 is 0.224 bits per heavy atom. The lowest BCUT2D eigenvalue weighted by atomic mass is 9.94. The average molecular weight is 885 g/mol. The van der Waals surface area contributed by atoms with Crippen LogP contribution in [0.5, 0.6) is 0 Å². The second-order valence-electron chi connectivity index (χ2n) is 19.4. The van der Waals surface area contributed by atoms with Gasteiger partial charge in [0.15, 0.2) is 0 Å². The highest BCUT2D eigenvalue weighted by Crippen LogP contribution is 2.28. The van der Waals surface area contributed by atoms with E-state index in [1.807, 2.05) is 12.1 Å². The van der Waals surface area contributed by atoms with Crippen molar-refractivity contribution in [3.63, 3.8) is 0 Å². The largest absolute Gasteiger partial charge is 0.0622 e. The second-order valence-corrected chi connectivity index (χ2v) is 19.4. The monoisotopic (exact) mass is 885 g/mol. The predicted molar refractivity (Wildman–Crippen MR) is 298 cm³/mol. The molecule has 0 heteroatoms. The van der Waals surface area contributed by atoms with Gasteiger partial charge in [-0.3, -0.25) is 0 Å². The maximum Gasteiger partial charge on any atom is -0.0181 e. The summed E-state index contributed by atoms with van der Waals surface area (Å²) < 4.78 is 0. The van der Waals surface area contributed by atoms with Crippen molar-refractivity contribution in [2.45, 2.75) is 127 Å². The Morgan fingerprint density at radius 2 is 0.522 bits per heavy atom. The third-order valence-corrected chi connectivity index (χ3v) is 12.3. The van der Waals surface area contributed by atoms with Crippen molar-refractivity contribution in [1.29, 1.82) is 0 Å². The Hall–Kier alpha value is -6.24. The predicted octanol–water partition coefficient (Wildman–Crippen LogP) is 20.3. The van der Waals surface area contributed by atoms with Crippen LogP contribution in [0.4, 0.5) is 0 Å². The molecule has 0 saturated carbocycles. The molecule has 0 aliphatic carbocycles. The van der Waals surface area contributed by atoms with Crippen LogP contribution in [0.2, 0.25) is 0 Å². The molecule has 0 heterocycles. The van der Waals surface area contributed by atoms with Crippen LogP contribution in [0.3, 0.4) is 0 Å². The standard InChI is InChI=1S/2C16H18.C15H16.C11H16.C9H12/c2*1-12(2)16-10-9-15(11-13(16)3)14-7-5-4-6-8-14;1-12(2)13-8-10-15(11-9-13)14-6-4-3-5-7-14;1-8(2)11-9(3)6-5-7-10(11)4;1-8(2)9-6-4-3-5-7-9/h2*4-12H,1-3H3;3-12H,1-2H3;5-8H,1-4H3;3-8H,1-2H3. The number of benzene rings is 8. The van der Waals surface area contributed by atoms with Crippen molar-refractivity contribution in [2.75, 3.05) is 0 Å². The molecule has 0 aliphatic heterocycles. The molecule has 8 aromatic carbocycles. The van der Waals surface area contributed by atoms with Gasteiger partial charge >= 0.3 is 0 Å². The van der Waals surface area contributed by atoms with E-state index in [0.29, 0.717) is 29.6 Å². The van der Waals surface area contributed by atoms with Crippen LogP contribution in [-0.2, 0) is 0 Å². The lowest BCUT2D eigenvalue weighted by Gasteiger charge is -2.12. The molecule has 0 atom stereocenters. The molecule has 0 bridgehead atoms. The molecule has 0 N–H and O–H groups in total. The van der Waals surface area contributed by atoms with Gasteiger partial charge in [0.05, 0.1) is 0 Å². The Labute approximate surface area is 408 Å². The van der Waals surface area contributed by atoms with Crippen molar-refractivity contribution >= 4 is 0 Å². The Bertz CT molecular complexity index is 2480. The fourth-order valence-electron chi connectivity index (χ4n) is 8.53. The highest BCUT2D eigenvalue weighted by atomic mass is 14.1. The number of rotatable bonds is 8. The molecule has 0 saturated heterocycles. The third-order valence-electron chi connectivity index (χ3n) is 12.3. The molecule has 0 aromatic heterocycles. The molecular weight excluding hydrogens is 805 g/mol. The van der Waals surface area contributed by atoms with Gasteiger partial charge in [-0.1, -0.05) is 269 Å².